The summed E-state index contributed by atoms with van der Waals surface area (Å²) in [5.41, 5.74) is 2.41. The van der Waals surface area contributed by atoms with Gasteiger partial charge in [-0.3, -0.25) is 0 Å². The maximum Gasteiger partial charge on any atom is 0.166 e. The number of thiophene rings is 1. The normalized spacial score (nSPS) is 13.7. The zero-order valence-corrected chi connectivity index (χ0v) is 15.7. The molecule has 0 spiro atoms. The Hall–Kier alpha value is -1.84. The van der Waals surface area contributed by atoms with Crippen molar-refractivity contribution < 1.29 is 9.84 Å². The van der Waals surface area contributed by atoms with Gasteiger partial charge in [0.2, 0.25) is 0 Å². The fourth-order valence-electron chi connectivity index (χ4n) is 2.84. The number of nitrogens with zero attached hydrogens (tertiary/aromatic N) is 2. The summed E-state index contributed by atoms with van der Waals surface area (Å²) in [6, 6.07) is 5.80. The van der Waals surface area contributed by atoms with Crippen molar-refractivity contribution in [3.05, 3.63) is 38.2 Å². The summed E-state index contributed by atoms with van der Waals surface area (Å²) in [6.45, 7) is 2.33. The number of aryl methyl sites for hydroxylation is 1. The molecule has 24 heavy (non-hydrogen) atoms. The molecule has 0 atom stereocenters. The molecule has 0 saturated heterocycles. The minimum absolute atomic E-state index is 0.0589. The van der Waals surface area contributed by atoms with E-state index in [0.29, 0.717) is 23.5 Å². The summed E-state index contributed by atoms with van der Waals surface area (Å²) >= 11 is 5.00. The molecule has 1 aromatic heterocycles. The van der Waals surface area contributed by atoms with Gasteiger partial charge in [-0.2, -0.15) is 5.26 Å². The lowest BCUT2D eigenvalue weighted by Crippen LogP contribution is -1.99. The number of rotatable bonds is 4. The van der Waals surface area contributed by atoms with E-state index in [2.05, 4.69) is 27.0 Å². The molecule has 0 amide bonds. The summed E-state index contributed by atoms with van der Waals surface area (Å²) in [5, 5.41) is 20.5. The van der Waals surface area contributed by atoms with Crippen molar-refractivity contribution in [1.29, 1.82) is 5.26 Å². The smallest absolute Gasteiger partial charge is 0.166 e. The first kappa shape index (κ1) is 17.0. The Morgan fingerprint density at radius 2 is 2.21 bits per heavy atom. The van der Waals surface area contributed by atoms with Crippen LogP contribution in [0, 0.1) is 11.3 Å². The first-order chi connectivity index (χ1) is 11.6. The number of phenols is 1. The molecular weight excluding hydrogens is 388 g/mol. The standard InChI is InChI=1S/C18H17BrN2O2S/c1-2-23-15-8-12(19)7-11(17(15)22)10-21-18-14(9-20)13-5-3-4-6-16(13)24-18/h7-8,10,22H,2-6H2,1H3/b21-10+. The topological polar surface area (TPSA) is 65.6 Å². The fourth-order valence-corrected chi connectivity index (χ4v) is 4.48. The number of hydrogen-bond donors (Lipinski definition) is 1. The predicted molar refractivity (Wildman–Crippen MR) is 99.9 cm³/mol. The number of fused-ring (bicyclic) bond motifs is 1. The van der Waals surface area contributed by atoms with Crippen LogP contribution in [-0.2, 0) is 12.8 Å². The van der Waals surface area contributed by atoms with E-state index >= 15 is 0 Å². The van der Waals surface area contributed by atoms with Gasteiger partial charge in [-0.05, 0) is 50.3 Å². The molecule has 3 rings (SSSR count). The van der Waals surface area contributed by atoms with Crippen molar-refractivity contribution in [3.8, 4) is 17.6 Å². The van der Waals surface area contributed by atoms with Crippen molar-refractivity contribution in [2.75, 3.05) is 6.61 Å². The highest BCUT2D eigenvalue weighted by Crippen LogP contribution is 2.40. The van der Waals surface area contributed by atoms with Crippen LogP contribution in [0.5, 0.6) is 11.5 Å². The Kier molecular flexibility index (Phi) is 5.22. The Labute approximate surface area is 153 Å². The number of halogens is 1. The van der Waals surface area contributed by atoms with Gasteiger partial charge >= 0.3 is 0 Å². The SMILES string of the molecule is CCOc1cc(Br)cc(/C=N/c2sc3c(c2C#N)CCCC3)c1O. The van der Waals surface area contributed by atoms with Gasteiger partial charge in [0.25, 0.3) is 0 Å². The van der Waals surface area contributed by atoms with Gasteiger partial charge in [-0.25, -0.2) is 4.99 Å². The van der Waals surface area contributed by atoms with Gasteiger partial charge in [0.1, 0.15) is 11.1 Å². The minimum atomic E-state index is 0.0589. The third-order valence-electron chi connectivity index (χ3n) is 3.95. The van der Waals surface area contributed by atoms with Crippen molar-refractivity contribution in [2.45, 2.75) is 32.6 Å². The monoisotopic (exact) mass is 404 g/mol. The van der Waals surface area contributed by atoms with Crippen molar-refractivity contribution in [3.63, 3.8) is 0 Å². The van der Waals surface area contributed by atoms with Crippen LogP contribution in [0.4, 0.5) is 5.00 Å². The van der Waals surface area contributed by atoms with Crippen molar-refractivity contribution in [1.82, 2.24) is 0 Å². The molecule has 2 aromatic rings. The summed E-state index contributed by atoms with van der Waals surface area (Å²) in [4.78, 5) is 5.77. The zero-order chi connectivity index (χ0) is 17.1. The number of aliphatic imine (C=N–C) groups is 1. The van der Waals surface area contributed by atoms with Crippen LogP contribution < -0.4 is 4.74 Å². The lowest BCUT2D eigenvalue weighted by molar-refractivity contribution is 0.317. The average Bonchev–Trinajstić information content (AvgIpc) is 2.94. The van der Waals surface area contributed by atoms with Crippen LogP contribution >= 0.6 is 27.3 Å². The molecule has 0 fully saturated rings. The van der Waals surface area contributed by atoms with Crippen molar-refractivity contribution in [2.24, 2.45) is 4.99 Å². The summed E-state index contributed by atoms with van der Waals surface area (Å²) in [6.07, 6.45) is 5.89. The molecule has 1 N–H and O–H groups in total. The maximum absolute atomic E-state index is 10.3. The second-order valence-corrected chi connectivity index (χ2v) is 7.54. The van der Waals surface area contributed by atoms with Crippen LogP contribution in [0.25, 0.3) is 0 Å². The highest BCUT2D eigenvalue weighted by atomic mass is 79.9. The van der Waals surface area contributed by atoms with Gasteiger partial charge in [-0.15, -0.1) is 11.3 Å². The van der Waals surface area contributed by atoms with Gasteiger partial charge in [0.05, 0.1) is 12.2 Å². The zero-order valence-electron chi connectivity index (χ0n) is 13.3. The van der Waals surface area contributed by atoms with Gasteiger partial charge in [0.15, 0.2) is 11.5 Å². The van der Waals surface area contributed by atoms with E-state index in [-0.39, 0.29) is 5.75 Å². The molecule has 124 valence electrons. The Morgan fingerprint density at radius 1 is 1.42 bits per heavy atom. The molecule has 1 heterocycles. The summed E-state index contributed by atoms with van der Waals surface area (Å²) < 4.78 is 6.23. The molecule has 1 aliphatic carbocycles. The van der Waals surface area contributed by atoms with Crippen LogP contribution in [0.1, 0.15) is 41.3 Å². The quantitative estimate of drug-likeness (QED) is 0.719. The van der Waals surface area contributed by atoms with Crippen LogP contribution in [0.15, 0.2) is 21.6 Å². The highest BCUT2D eigenvalue weighted by Gasteiger charge is 2.20. The highest BCUT2D eigenvalue weighted by molar-refractivity contribution is 9.10. The molecule has 0 aliphatic heterocycles. The third-order valence-corrected chi connectivity index (χ3v) is 5.61. The molecule has 0 radical (unpaired) electrons. The number of benzene rings is 1. The molecule has 0 saturated carbocycles. The number of hydrogen-bond acceptors (Lipinski definition) is 5. The minimum Gasteiger partial charge on any atom is -0.504 e. The first-order valence-electron chi connectivity index (χ1n) is 7.88. The van der Waals surface area contributed by atoms with Gasteiger partial charge < -0.3 is 9.84 Å². The van der Waals surface area contributed by atoms with E-state index in [1.807, 2.05) is 6.92 Å². The van der Waals surface area contributed by atoms with Gasteiger partial charge in [0, 0.05) is 21.1 Å². The summed E-state index contributed by atoms with van der Waals surface area (Å²) in [5.74, 6) is 0.475. The largest absolute Gasteiger partial charge is 0.504 e. The number of nitriles is 1. The van der Waals surface area contributed by atoms with Crippen molar-refractivity contribution >= 4 is 38.5 Å². The van der Waals surface area contributed by atoms with E-state index in [9.17, 15) is 10.4 Å². The van der Waals surface area contributed by atoms with Crippen LogP contribution in [0.2, 0.25) is 0 Å². The second-order valence-electron chi connectivity index (χ2n) is 5.54. The lowest BCUT2D eigenvalue weighted by atomic mass is 9.96. The van der Waals surface area contributed by atoms with E-state index < -0.39 is 0 Å². The molecule has 1 aromatic carbocycles. The Bertz CT molecular complexity index is 837. The number of aromatic hydroxyl groups is 1. The third kappa shape index (κ3) is 3.33. The lowest BCUT2D eigenvalue weighted by Gasteiger charge is -2.09. The van der Waals surface area contributed by atoms with Crippen LogP contribution in [-0.4, -0.2) is 17.9 Å². The first-order valence-corrected chi connectivity index (χ1v) is 9.49. The van der Waals surface area contributed by atoms with E-state index in [1.54, 1.807) is 29.7 Å². The Morgan fingerprint density at radius 3 is 2.96 bits per heavy atom. The number of ether oxygens (including phenoxy) is 1. The fraction of sp³-hybridized carbons (Fsp3) is 0.333. The van der Waals surface area contributed by atoms with E-state index in [0.717, 1.165) is 34.3 Å². The molecule has 4 nitrogen and oxygen atoms in total. The average molecular weight is 405 g/mol. The summed E-state index contributed by atoms with van der Waals surface area (Å²) in [7, 11) is 0. The molecule has 6 heteroatoms. The molecule has 1 aliphatic rings. The molecule has 0 bridgehead atoms. The van der Waals surface area contributed by atoms with E-state index in [4.69, 9.17) is 4.74 Å². The molecule has 0 unspecified atom stereocenters. The van der Waals surface area contributed by atoms with Gasteiger partial charge in [-0.1, -0.05) is 15.9 Å². The maximum atomic E-state index is 10.3. The number of phenolic OH excluding ortho intramolecular Hbond substituents is 1. The Balaban J connectivity index is 1.97. The second kappa shape index (κ2) is 7.37. The van der Waals surface area contributed by atoms with E-state index in [1.165, 1.54) is 11.3 Å². The molecular formula is C18H17BrN2O2S. The predicted octanol–water partition coefficient (Wildman–Crippen LogP) is 5.12. The van der Waals surface area contributed by atoms with Crippen LogP contribution in [0.3, 0.4) is 0 Å².